The van der Waals surface area contributed by atoms with E-state index in [1.165, 1.54) is 53.9 Å². The zero-order valence-electron chi connectivity index (χ0n) is 20.7. The van der Waals surface area contributed by atoms with E-state index < -0.39 is 0 Å². The van der Waals surface area contributed by atoms with Gasteiger partial charge in [-0.05, 0) is 111 Å². The van der Waals surface area contributed by atoms with Gasteiger partial charge in [0.05, 0.1) is 6.54 Å². The van der Waals surface area contributed by atoms with E-state index in [2.05, 4.69) is 35.6 Å². The van der Waals surface area contributed by atoms with Crippen LogP contribution in [0.15, 0.2) is 48.0 Å². The zero-order chi connectivity index (χ0) is 23.5. The zero-order valence-corrected chi connectivity index (χ0v) is 20.7. The second kappa shape index (κ2) is 10.4. The van der Waals surface area contributed by atoms with E-state index in [9.17, 15) is 4.39 Å². The molecule has 0 aromatic heterocycles. The highest BCUT2D eigenvalue weighted by molar-refractivity contribution is 6.05. The van der Waals surface area contributed by atoms with Crippen LogP contribution in [0.4, 0.5) is 10.1 Å². The third-order valence-corrected chi connectivity index (χ3v) is 7.94. The summed E-state index contributed by atoms with van der Waals surface area (Å²) >= 11 is 0. The molecule has 1 fully saturated rings. The van der Waals surface area contributed by atoms with Crippen molar-refractivity contribution in [1.82, 2.24) is 4.90 Å². The minimum atomic E-state index is -0.149. The maximum absolute atomic E-state index is 13.5. The molecule has 180 valence electrons. The molecule has 0 N–H and O–H groups in total. The van der Waals surface area contributed by atoms with Crippen LogP contribution in [0.25, 0.3) is 0 Å². The fraction of sp³-hybridized carbons (Fsp3) is 0.500. The molecular weight excluding hydrogens is 421 g/mol. The van der Waals surface area contributed by atoms with Crippen LogP contribution in [-0.4, -0.2) is 43.8 Å². The number of anilines is 1. The van der Waals surface area contributed by atoms with Crippen molar-refractivity contribution in [2.75, 3.05) is 38.1 Å². The summed E-state index contributed by atoms with van der Waals surface area (Å²) in [5, 5.41) is 0. The molecule has 5 rings (SSSR count). The lowest BCUT2D eigenvalue weighted by Gasteiger charge is -2.32. The van der Waals surface area contributed by atoms with Gasteiger partial charge in [0.1, 0.15) is 5.82 Å². The molecule has 2 aromatic carbocycles. The van der Waals surface area contributed by atoms with Gasteiger partial charge in [-0.3, -0.25) is 4.99 Å². The Bertz CT molecular complexity index is 1060. The second-order valence-corrected chi connectivity index (χ2v) is 10.3. The predicted molar refractivity (Wildman–Crippen MR) is 141 cm³/mol. The van der Waals surface area contributed by atoms with Crippen LogP contribution in [0, 0.1) is 11.7 Å². The maximum atomic E-state index is 13.5. The number of halogens is 1. The third kappa shape index (κ3) is 4.98. The number of piperidine rings is 1. The number of allylic oxidation sites excluding steroid dienone is 1. The predicted octanol–water partition coefficient (Wildman–Crippen LogP) is 5.97. The smallest absolute Gasteiger partial charge is 0.123 e. The monoisotopic (exact) mass is 459 g/mol. The van der Waals surface area contributed by atoms with Gasteiger partial charge in [-0.1, -0.05) is 18.2 Å². The second-order valence-electron chi connectivity index (χ2n) is 10.3. The van der Waals surface area contributed by atoms with Crippen LogP contribution >= 0.6 is 0 Å². The third-order valence-electron chi connectivity index (χ3n) is 7.94. The molecule has 0 amide bonds. The first kappa shape index (κ1) is 23.3. The van der Waals surface area contributed by atoms with Gasteiger partial charge in [0, 0.05) is 36.5 Å². The first-order valence-electron chi connectivity index (χ1n) is 13.1. The standard InChI is InChI=1S/C30H38FN3/c1-3-4-8-24-18-22(19-25-9-6-14-33(2)30(24)25)7-5-15-34-16-12-23(13-17-34)29-28-11-10-27(31)20-26(28)21-32-29/h3,10-11,18-20,23H,1,4-9,12-17,21H2,2H3. The first-order valence-corrected chi connectivity index (χ1v) is 13.1. The van der Waals surface area contributed by atoms with Crippen molar-refractivity contribution in [2.24, 2.45) is 10.9 Å². The number of nitrogens with zero attached hydrogens (tertiary/aromatic N) is 3. The lowest BCUT2D eigenvalue weighted by atomic mass is 9.87. The summed E-state index contributed by atoms with van der Waals surface area (Å²) in [6.45, 7) is 9.19. The summed E-state index contributed by atoms with van der Waals surface area (Å²) in [5.74, 6) is 0.372. The molecule has 3 heterocycles. The van der Waals surface area contributed by atoms with Gasteiger partial charge < -0.3 is 9.80 Å². The van der Waals surface area contributed by atoms with Crippen LogP contribution in [0.3, 0.4) is 0 Å². The van der Waals surface area contributed by atoms with E-state index in [0.29, 0.717) is 12.5 Å². The Hall–Kier alpha value is -2.46. The lowest BCUT2D eigenvalue weighted by molar-refractivity contribution is 0.207. The molecule has 0 saturated carbocycles. The van der Waals surface area contributed by atoms with Crippen LogP contribution in [-0.2, 0) is 25.8 Å². The van der Waals surface area contributed by atoms with Gasteiger partial charge in [-0.2, -0.15) is 0 Å². The molecule has 3 nitrogen and oxygen atoms in total. The summed E-state index contributed by atoms with van der Waals surface area (Å²) in [4.78, 5) is 9.87. The molecule has 34 heavy (non-hydrogen) atoms. The quantitative estimate of drug-likeness (QED) is 0.453. The number of aliphatic imine (C=N–C) groups is 1. The summed E-state index contributed by atoms with van der Waals surface area (Å²) in [7, 11) is 2.24. The van der Waals surface area contributed by atoms with Crippen LogP contribution in [0.5, 0.6) is 0 Å². The van der Waals surface area contributed by atoms with Crippen LogP contribution in [0.1, 0.15) is 59.9 Å². The van der Waals surface area contributed by atoms with Gasteiger partial charge >= 0.3 is 0 Å². The number of benzene rings is 2. The summed E-state index contributed by atoms with van der Waals surface area (Å²) < 4.78 is 13.5. The van der Waals surface area contributed by atoms with Crippen molar-refractivity contribution >= 4 is 11.4 Å². The fourth-order valence-corrected chi connectivity index (χ4v) is 6.21. The van der Waals surface area contributed by atoms with Gasteiger partial charge in [0.2, 0.25) is 0 Å². The normalized spacial score (nSPS) is 18.5. The molecule has 0 radical (unpaired) electrons. The van der Waals surface area contributed by atoms with E-state index in [4.69, 9.17) is 4.99 Å². The Kier molecular flexibility index (Phi) is 7.15. The largest absolute Gasteiger partial charge is 0.374 e. The topological polar surface area (TPSA) is 18.8 Å². The molecule has 1 saturated heterocycles. The van der Waals surface area contributed by atoms with Gasteiger partial charge in [0.25, 0.3) is 0 Å². The van der Waals surface area contributed by atoms with Crippen LogP contribution in [0.2, 0.25) is 0 Å². The number of aryl methyl sites for hydroxylation is 3. The minimum Gasteiger partial charge on any atom is -0.374 e. The van der Waals surface area contributed by atoms with E-state index >= 15 is 0 Å². The lowest BCUT2D eigenvalue weighted by Crippen LogP contribution is -2.37. The van der Waals surface area contributed by atoms with Crippen molar-refractivity contribution in [3.63, 3.8) is 0 Å². The van der Waals surface area contributed by atoms with Crippen molar-refractivity contribution in [1.29, 1.82) is 0 Å². The molecular formula is C30H38FN3. The van der Waals surface area contributed by atoms with E-state index in [0.717, 1.165) is 57.3 Å². The van der Waals surface area contributed by atoms with Crippen LogP contribution < -0.4 is 4.90 Å². The number of hydrogen-bond acceptors (Lipinski definition) is 3. The Morgan fingerprint density at radius 1 is 1.09 bits per heavy atom. The van der Waals surface area contributed by atoms with E-state index in [1.807, 2.05) is 12.1 Å². The fourth-order valence-electron chi connectivity index (χ4n) is 6.21. The van der Waals surface area contributed by atoms with Gasteiger partial charge in [-0.25, -0.2) is 4.39 Å². The average molecular weight is 460 g/mol. The SMILES string of the molecule is C=CCCc1cc(CCCN2CCC(C3=NCc4cc(F)ccc43)CC2)cc2c1N(C)CCC2. The molecule has 0 atom stereocenters. The minimum absolute atomic E-state index is 0.149. The van der Waals surface area contributed by atoms with Crippen molar-refractivity contribution in [3.05, 3.63) is 76.6 Å². The Morgan fingerprint density at radius 2 is 1.94 bits per heavy atom. The molecule has 0 unspecified atom stereocenters. The number of fused-ring (bicyclic) bond motifs is 2. The molecule has 2 aromatic rings. The van der Waals surface area contributed by atoms with Crippen molar-refractivity contribution in [2.45, 2.75) is 57.9 Å². The molecule has 3 aliphatic rings. The van der Waals surface area contributed by atoms with Crippen molar-refractivity contribution < 1.29 is 4.39 Å². The summed E-state index contributed by atoms with van der Waals surface area (Å²) in [5.41, 5.74) is 9.51. The number of hydrogen-bond donors (Lipinski definition) is 0. The summed E-state index contributed by atoms with van der Waals surface area (Å²) in [6.07, 6.45) is 11.3. The molecule has 3 aliphatic heterocycles. The highest BCUT2D eigenvalue weighted by Crippen LogP contribution is 2.33. The van der Waals surface area contributed by atoms with E-state index in [1.54, 1.807) is 17.7 Å². The Balaban J connectivity index is 1.14. The maximum Gasteiger partial charge on any atom is 0.123 e. The highest BCUT2D eigenvalue weighted by Gasteiger charge is 2.28. The van der Waals surface area contributed by atoms with Crippen molar-refractivity contribution in [3.8, 4) is 0 Å². The number of likely N-dealkylation sites (tertiary alicyclic amines) is 1. The van der Waals surface area contributed by atoms with Gasteiger partial charge in [-0.15, -0.1) is 6.58 Å². The molecule has 4 heteroatoms. The molecule has 0 spiro atoms. The van der Waals surface area contributed by atoms with Gasteiger partial charge in [0.15, 0.2) is 0 Å². The number of rotatable bonds is 8. The first-order chi connectivity index (χ1) is 16.6. The summed E-state index contributed by atoms with van der Waals surface area (Å²) in [6, 6.07) is 10.1. The van der Waals surface area contributed by atoms with E-state index in [-0.39, 0.29) is 5.82 Å². The average Bonchev–Trinajstić information content (AvgIpc) is 3.26. The molecule has 0 bridgehead atoms. The Labute approximate surface area is 204 Å². The molecule has 0 aliphatic carbocycles. The Morgan fingerprint density at radius 3 is 2.76 bits per heavy atom. The highest BCUT2D eigenvalue weighted by atomic mass is 19.1.